The van der Waals surface area contributed by atoms with Crippen molar-refractivity contribution < 1.29 is 0 Å². The van der Waals surface area contributed by atoms with Crippen molar-refractivity contribution in [1.29, 1.82) is 0 Å². The van der Waals surface area contributed by atoms with Gasteiger partial charge in [0, 0.05) is 21.2 Å². The Morgan fingerprint density at radius 2 is 1.96 bits per heavy atom. The minimum Gasteiger partial charge on any atom is -0.370 e. The molecule has 25 heavy (non-hydrogen) atoms. The predicted molar refractivity (Wildman–Crippen MR) is 113 cm³/mol. The van der Waals surface area contributed by atoms with Crippen LogP contribution in [0, 0.1) is 17.4 Å². The fraction of sp³-hybridized carbons (Fsp3) is 0.286. The van der Waals surface area contributed by atoms with Crippen molar-refractivity contribution in [2.45, 2.75) is 33.1 Å². The zero-order chi connectivity index (χ0) is 17.4. The molecule has 2 heterocycles. The first-order valence-electron chi connectivity index (χ1n) is 8.83. The van der Waals surface area contributed by atoms with Crippen LogP contribution in [0.5, 0.6) is 0 Å². The number of rotatable bonds is 2. The summed E-state index contributed by atoms with van der Waals surface area (Å²) in [7, 11) is 0. The van der Waals surface area contributed by atoms with E-state index in [2.05, 4.69) is 88.9 Å². The molecular formula is C21H22IN3. The lowest BCUT2D eigenvalue weighted by molar-refractivity contribution is 0.779. The standard InChI is InChI=1S/C21H22IN3/c1-14-9-10-19(15(2)12-14)25-21-18(8-3-4-11-23-21)20(24-25)16-6-5-7-17(22)13-16/h5-7,9-10,12-13,23H,3-4,8,11H2,1-2H3. The maximum atomic E-state index is 5.06. The molecule has 128 valence electrons. The van der Waals surface area contributed by atoms with E-state index in [1.165, 1.54) is 44.5 Å². The van der Waals surface area contributed by atoms with Crippen LogP contribution in [0.3, 0.4) is 0 Å². The predicted octanol–water partition coefficient (Wildman–Crippen LogP) is 5.51. The molecule has 1 aliphatic heterocycles. The van der Waals surface area contributed by atoms with Crippen molar-refractivity contribution in [3.63, 3.8) is 0 Å². The molecule has 0 spiro atoms. The SMILES string of the molecule is Cc1ccc(-n2nc(-c3cccc(I)c3)c3c2NCCCC3)c(C)c1. The number of aromatic nitrogens is 2. The van der Waals surface area contributed by atoms with E-state index in [0.29, 0.717) is 0 Å². The molecule has 0 saturated heterocycles. The van der Waals surface area contributed by atoms with Gasteiger partial charge in [-0.3, -0.25) is 0 Å². The highest BCUT2D eigenvalue weighted by Crippen LogP contribution is 2.35. The summed E-state index contributed by atoms with van der Waals surface area (Å²) in [5, 5.41) is 8.69. The average Bonchev–Trinajstić information content (AvgIpc) is 2.77. The first-order valence-corrected chi connectivity index (χ1v) is 9.91. The number of anilines is 1. The Kier molecular flexibility index (Phi) is 4.54. The fourth-order valence-corrected chi connectivity index (χ4v) is 4.13. The fourth-order valence-electron chi connectivity index (χ4n) is 3.59. The maximum absolute atomic E-state index is 5.06. The summed E-state index contributed by atoms with van der Waals surface area (Å²) in [6.45, 7) is 5.31. The second-order valence-electron chi connectivity index (χ2n) is 6.77. The van der Waals surface area contributed by atoms with Crippen molar-refractivity contribution in [2.75, 3.05) is 11.9 Å². The summed E-state index contributed by atoms with van der Waals surface area (Å²) < 4.78 is 3.36. The molecule has 1 N–H and O–H groups in total. The highest BCUT2D eigenvalue weighted by Gasteiger charge is 2.22. The van der Waals surface area contributed by atoms with E-state index in [1.807, 2.05) is 0 Å². The third-order valence-electron chi connectivity index (χ3n) is 4.81. The van der Waals surface area contributed by atoms with Gasteiger partial charge >= 0.3 is 0 Å². The number of aryl methyl sites for hydroxylation is 2. The quantitative estimate of drug-likeness (QED) is 0.530. The molecule has 0 fully saturated rings. The summed E-state index contributed by atoms with van der Waals surface area (Å²) in [6, 6.07) is 15.2. The van der Waals surface area contributed by atoms with Crippen LogP contribution in [0.4, 0.5) is 5.82 Å². The molecule has 0 radical (unpaired) electrons. The van der Waals surface area contributed by atoms with Gasteiger partial charge < -0.3 is 5.32 Å². The zero-order valence-electron chi connectivity index (χ0n) is 14.6. The Bertz CT molecular complexity index is 927. The van der Waals surface area contributed by atoms with Gasteiger partial charge in [-0.2, -0.15) is 5.10 Å². The summed E-state index contributed by atoms with van der Waals surface area (Å²) in [4.78, 5) is 0. The van der Waals surface area contributed by atoms with Crippen LogP contribution in [0.2, 0.25) is 0 Å². The number of hydrogen-bond donors (Lipinski definition) is 1. The highest BCUT2D eigenvalue weighted by molar-refractivity contribution is 14.1. The number of benzene rings is 2. The van der Waals surface area contributed by atoms with E-state index < -0.39 is 0 Å². The molecule has 0 atom stereocenters. The molecule has 4 heteroatoms. The molecule has 0 amide bonds. The van der Waals surface area contributed by atoms with Crippen LogP contribution in [-0.4, -0.2) is 16.3 Å². The van der Waals surface area contributed by atoms with Gasteiger partial charge in [-0.05, 0) is 79.5 Å². The Balaban J connectivity index is 1.93. The van der Waals surface area contributed by atoms with E-state index in [0.717, 1.165) is 24.3 Å². The number of nitrogens with zero attached hydrogens (tertiary/aromatic N) is 2. The van der Waals surface area contributed by atoms with Gasteiger partial charge in [0.1, 0.15) is 5.82 Å². The normalized spacial score (nSPS) is 13.9. The third-order valence-corrected chi connectivity index (χ3v) is 5.48. The summed E-state index contributed by atoms with van der Waals surface area (Å²) in [5.74, 6) is 1.17. The topological polar surface area (TPSA) is 29.9 Å². The number of nitrogens with one attached hydrogen (secondary N) is 1. The largest absolute Gasteiger partial charge is 0.370 e. The third kappa shape index (κ3) is 3.19. The van der Waals surface area contributed by atoms with Crippen LogP contribution in [-0.2, 0) is 6.42 Å². The maximum Gasteiger partial charge on any atom is 0.133 e. The van der Waals surface area contributed by atoms with Crippen LogP contribution >= 0.6 is 22.6 Å². The van der Waals surface area contributed by atoms with E-state index in [9.17, 15) is 0 Å². The van der Waals surface area contributed by atoms with Gasteiger partial charge in [-0.25, -0.2) is 4.68 Å². The summed E-state index contributed by atoms with van der Waals surface area (Å²) in [5.41, 5.74) is 7.36. The van der Waals surface area contributed by atoms with Crippen molar-refractivity contribution in [3.8, 4) is 16.9 Å². The van der Waals surface area contributed by atoms with Gasteiger partial charge in [-0.1, -0.05) is 29.8 Å². The van der Waals surface area contributed by atoms with Gasteiger partial charge in [-0.15, -0.1) is 0 Å². The van der Waals surface area contributed by atoms with Crippen molar-refractivity contribution in [1.82, 2.24) is 9.78 Å². The first kappa shape index (κ1) is 16.6. The molecule has 0 aliphatic carbocycles. The van der Waals surface area contributed by atoms with E-state index in [-0.39, 0.29) is 0 Å². The minimum atomic E-state index is 1.01. The van der Waals surface area contributed by atoms with Gasteiger partial charge in [0.05, 0.1) is 11.4 Å². The molecule has 1 aliphatic rings. The lowest BCUT2D eigenvalue weighted by Gasteiger charge is -2.12. The van der Waals surface area contributed by atoms with Crippen molar-refractivity contribution >= 4 is 28.4 Å². The van der Waals surface area contributed by atoms with Gasteiger partial charge in [0.25, 0.3) is 0 Å². The Morgan fingerprint density at radius 1 is 1.08 bits per heavy atom. The van der Waals surface area contributed by atoms with E-state index in [1.54, 1.807) is 0 Å². The Labute approximate surface area is 162 Å². The molecule has 3 nitrogen and oxygen atoms in total. The monoisotopic (exact) mass is 443 g/mol. The van der Waals surface area contributed by atoms with Crippen LogP contribution in [0.1, 0.15) is 29.5 Å². The van der Waals surface area contributed by atoms with Crippen LogP contribution < -0.4 is 5.32 Å². The Hall–Kier alpha value is -1.82. The molecule has 0 unspecified atom stereocenters. The van der Waals surface area contributed by atoms with Gasteiger partial charge in [0.15, 0.2) is 0 Å². The van der Waals surface area contributed by atoms with Crippen molar-refractivity contribution in [2.24, 2.45) is 0 Å². The highest BCUT2D eigenvalue weighted by atomic mass is 127. The molecule has 4 rings (SSSR count). The van der Waals surface area contributed by atoms with Crippen LogP contribution in [0.25, 0.3) is 16.9 Å². The van der Waals surface area contributed by atoms with Crippen molar-refractivity contribution in [3.05, 3.63) is 62.7 Å². The Morgan fingerprint density at radius 3 is 2.76 bits per heavy atom. The summed E-state index contributed by atoms with van der Waals surface area (Å²) in [6.07, 6.45) is 3.48. The number of hydrogen-bond acceptors (Lipinski definition) is 2. The molecular weight excluding hydrogens is 421 g/mol. The first-order chi connectivity index (χ1) is 12.1. The second-order valence-corrected chi connectivity index (χ2v) is 8.02. The minimum absolute atomic E-state index is 1.01. The lowest BCUT2D eigenvalue weighted by Crippen LogP contribution is -2.08. The smallest absolute Gasteiger partial charge is 0.133 e. The lowest BCUT2D eigenvalue weighted by atomic mass is 10.0. The molecule has 0 saturated carbocycles. The second kappa shape index (κ2) is 6.83. The van der Waals surface area contributed by atoms with E-state index in [4.69, 9.17) is 5.10 Å². The number of fused-ring (bicyclic) bond motifs is 1. The number of halogens is 1. The van der Waals surface area contributed by atoms with Crippen LogP contribution in [0.15, 0.2) is 42.5 Å². The average molecular weight is 443 g/mol. The molecule has 0 bridgehead atoms. The molecule has 3 aromatic rings. The zero-order valence-corrected chi connectivity index (χ0v) is 16.8. The summed E-state index contributed by atoms with van der Waals surface area (Å²) >= 11 is 2.37. The van der Waals surface area contributed by atoms with E-state index >= 15 is 0 Å². The van der Waals surface area contributed by atoms with Gasteiger partial charge in [0.2, 0.25) is 0 Å². The molecule has 1 aromatic heterocycles. The molecule has 2 aromatic carbocycles.